The van der Waals surface area contributed by atoms with Gasteiger partial charge in [0.2, 0.25) is 6.79 Å². The van der Waals surface area contributed by atoms with Gasteiger partial charge in [0.05, 0.1) is 5.92 Å². The minimum Gasteiger partial charge on any atom is -0.481 e. The number of piperidine rings is 1. The second kappa shape index (κ2) is 5.27. The van der Waals surface area contributed by atoms with Crippen LogP contribution in [0, 0.1) is 5.92 Å². The highest BCUT2D eigenvalue weighted by Gasteiger charge is 2.33. The van der Waals surface area contributed by atoms with Crippen molar-refractivity contribution in [2.24, 2.45) is 5.92 Å². The number of hydrogen-bond acceptors (Lipinski definition) is 4. The van der Waals surface area contributed by atoms with E-state index in [0.29, 0.717) is 36.4 Å². The summed E-state index contributed by atoms with van der Waals surface area (Å²) < 4.78 is 10.5. The first kappa shape index (κ1) is 13.7. The molecular weight excluding hydrogens is 274 g/mol. The van der Waals surface area contributed by atoms with Gasteiger partial charge >= 0.3 is 5.97 Å². The van der Waals surface area contributed by atoms with Gasteiger partial charge in [-0.15, -0.1) is 0 Å². The van der Waals surface area contributed by atoms with Crippen molar-refractivity contribution in [3.05, 3.63) is 23.8 Å². The Morgan fingerprint density at radius 1 is 1.29 bits per heavy atom. The predicted molar refractivity (Wildman–Crippen MR) is 73.4 cm³/mol. The van der Waals surface area contributed by atoms with Crippen molar-refractivity contribution in [1.82, 2.24) is 4.90 Å². The number of likely N-dealkylation sites (tertiary alicyclic amines) is 1. The van der Waals surface area contributed by atoms with Crippen LogP contribution >= 0.6 is 0 Å². The van der Waals surface area contributed by atoms with Crippen LogP contribution in [0.3, 0.4) is 0 Å². The molecule has 0 radical (unpaired) electrons. The number of fused-ring (bicyclic) bond motifs is 1. The number of ether oxygens (including phenoxy) is 2. The molecule has 1 saturated heterocycles. The van der Waals surface area contributed by atoms with E-state index in [1.165, 1.54) is 0 Å². The number of carbonyl (C=O) groups excluding carboxylic acids is 1. The molecule has 0 spiro atoms. The Kier molecular flexibility index (Phi) is 3.45. The largest absolute Gasteiger partial charge is 0.481 e. The zero-order chi connectivity index (χ0) is 15.0. The molecule has 0 saturated carbocycles. The van der Waals surface area contributed by atoms with E-state index in [1.807, 2.05) is 6.92 Å². The maximum atomic E-state index is 12.6. The molecule has 1 amide bonds. The van der Waals surface area contributed by atoms with Gasteiger partial charge < -0.3 is 19.5 Å². The fourth-order valence-electron chi connectivity index (χ4n) is 2.89. The summed E-state index contributed by atoms with van der Waals surface area (Å²) in [6, 6.07) is 5.04. The molecule has 2 atom stereocenters. The molecule has 2 aliphatic rings. The number of carboxylic acid groups (broad SMARTS) is 1. The van der Waals surface area contributed by atoms with Gasteiger partial charge in [-0.1, -0.05) is 0 Å². The molecule has 112 valence electrons. The summed E-state index contributed by atoms with van der Waals surface area (Å²) in [6.07, 6.45) is 0.988. The molecule has 1 aromatic rings. The topological polar surface area (TPSA) is 76.1 Å². The third-order valence-corrected chi connectivity index (χ3v) is 4.11. The highest BCUT2D eigenvalue weighted by atomic mass is 16.7. The molecule has 0 bridgehead atoms. The standard InChI is InChI=1S/C15H17NO5/c1-9-6-11(15(18)19)4-5-16(9)14(17)10-2-3-12-13(7-10)21-8-20-12/h2-3,7,9,11H,4-6,8H2,1H3,(H,18,19). The lowest BCUT2D eigenvalue weighted by molar-refractivity contribution is -0.143. The molecule has 2 unspecified atom stereocenters. The minimum atomic E-state index is -0.781. The zero-order valence-electron chi connectivity index (χ0n) is 11.7. The Labute approximate surface area is 122 Å². The van der Waals surface area contributed by atoms with Crippen molar-refractivity contribution in [2.75, 3.05) is 13.3 Å². The Hall–Kier alpha value is -2.24. The lowest BCUT2D eigenvalue weighted by Gasteiger charge is -2.36. The smallest absolute Gasteiger partial charge is 0.306 e. The number of carbonyl (C=O) groups is 2. The molecule has 3 rings (SSSR count). The Bertz CT molecular complexity index is 585. The highest BCUT2D eigenvalue weighted by Crippen LogP contribution is 2.33. The lowest BCUT2D eigenvalue weighted by atomic mass is 9.91. The molecule has 6 heteroatoms. The van der Waals surface area contributed by atoms with E-state index >= 15 is 0 Å². The van der Waals surface area contributed by atoms with E-state index in [1.54, 1.807) is 23.1 Å². The molecule has 2 aliphatic heterocycles. The van der Waals surface area contributed by atoms with Gasteiger partial charge in [-0.3, -0.25) is 9.59 Å². The van der Waals surface area contributed by atoms with E-state index in [0.717, 1.165) is 0 Å². The number of amides is 1. The maximum absolute atomic E-state index is 12.6. The normalized spacial score (nSPS) is 24.0. The molecule has 6 nitrogen and oxygen atoms in total. The average molecular weight is 291 g/mol. The SMILES string of the molecule is CC1CC(C(=O)O)CCN1C(=O)c1ccc2c(c1)OCO2. The van der Waals surface area contributed by atoms with E-state index in [4.69, 9.17) is 14.6 Å². The Morgan fingerprint density at radius 2 is 2.05 bits per heavy atom. The van der Waals surface area contributed by atoms with E-state index in [9.17, 15) is 9.59 Å². The average Bonchev–Trinajstić information content (AvgIpc) is 2.93. The Balaban J connectivity index is 1.75. The predicted octanol–water partition coefficient (Wildman–Crippen LogP) is 1.74. The molecule has 2 heterocycles. The third kappa shape index (κ3) is 2.53. The summed E-state index contributed by atoms with van der Waals surface area (Å²) in [4.78, 5) is 25.3. The number of nitrogens with zero attached hydrogens (tertiary/aromatic N) is 1. The summed E-state index contributed by atoms with van der Waals surface area (Å²) in [5.74, 6) is -0.0134. The molecule has 0 aromatic heterocycles. The van der Waals surface area contributed by atoms with Crippen LogP contribution in [0.15, 0.2) is 18.2 Å². The number of hydrogen-bond donors (Lipinski definition) is 1. The fraction of sp³-hybridized carbons (Fsp3) is 0.467. The van der Waals surface area contributed by atoms with Gasteiger partial charge in [-0.2, -0.15) is 0 Å². The molecular formula is C15H17NO5. The van der Waals surface area contributed by atoms with Crippen LogP contribution in [0.1, 0.15) is 30.1 Å². The van der Waals surface area contributed by atoms with Crippen molar-refractivity contribution in [3.8, 4) is 11.5 Å². The number of carboxylic acids is 1. The quantitative estimate of drug-likeness (QED) is 0.898. The molecule has 1 fully saturated rings. The third-order valence-electron chi connectivity index (χ3n) is 4.11. The summed E-state index contributed by atoms with van der Waals surface area (Å²) in [5.41, 5.74) is 0.542. The number of benzene rings is 1. The van der Waals surface area contributed by atoms with Crippen molar-refractivity contribution in [1.29, 1.82) is 0 Å². The van der Waals surface area contributed by atoms with Crippen LogP contribution in [-0.4, -0.2) is 41.3 Å². The molecule has 21 heavy (non-hydrogen) atoms. The minimum absolute atomic E-state index is 0.0854. The first-order valence-electron chi connectivity index (χ1n) is 6.99. The summed E-state index contributed by atoms with van der Waals surface area (Å²) in [7, 11) is 0. The number of rotatable bonds is 2. The van der Waals surface area contributed by atoms with Crippen LogP contribution in [0.5, 0.6) is 11.5 Å². The summed E-state index contributed by atoms with van der Waals surface area (Å²) >= 11 is 0. The van der Waals surface area contributed by atoms with E-state index in [2.05, 4.69) is 0 Å². The second-order valence-corrected chi connectivity index (χ2v) is 5.48. The Morgan fingerprint density at radius 3 is 2.76 bits per heavy atom. The highest BCUT2D eigenvalue weighted by molar-refractivity contribution is 5.95. The van der Waals surface area contributed by atoms with Gasteiger partial charge in [-0.05, 0) is 38.0 Å². The van der Waals surface area contributed by atoms with Gasteiger partial charge in [0.1, 0.15) is 0 Å². The first-order valence-corrected chi connectivity index (χ1v) is 6.99. The fourth-order valence-corrected chi connectivity index (χ4v) is 2.89. The van der Waals surface area contributed by atoms with Crippen LogP contribution in [0.2, 0.25) is 0 Å². The maximum Gasteiger partial charge on any atom is 0.306 e. The van der Waals surface area contributed by atoms with Crippen molar-refractivity contribution >= 4 is 11.9 Å². The van der Waals surface area contributed by atoms with Gasteiger partial charge in [-0.25, -0.2) is 0 Å². The molecule has 0 aliphatic carbocycles. The monoisotopic (exact) mass is 291 g/mol. The molecule has 1 aromatic carbocycles. The molecule has 1 N–H and O–H groups in total. The summed E-state index contributed by atoms with van der Waals surface area (Å²) in [6.45, 7) is 2.53. The van der Waals surface area contributed by atoms with Gasteiger partial charge in [0, 0.05) is 18.2 Å². The van der Waals surface area contributed by atoms with E-state index in [-0.39, 0.29) is 24.7 Å². The van der Waals surface area contributed by atoms with Crippen LogP contribution in [-0.2, 0) is 4.79 Å². The lowest BCUT2D eigenvalue weighted by Crippen LogP contribution is -2.46. The van der Waals surface area contributed by atoms with Crippen molar-refractivity contribution in [3.63, 3.8) is 0 Å². The van der Waals surface area contributed by atoms with Crippen LogP contribution in [0.25, 0.3) is 0 Å². The van der Waals surface area contributed by atoms with Gasteiger partial charge in [0.25, 0.3) is 5.91 Å². The van der Waals surface area contributed by atoms with Crippen molar-refractivity contribution in [2.45, 2.75) is 25.8 Å². The zero-order valence-corrected chi connectivity index (χ0v) is 11.7. The van der Waals surface area contributed by atoms with E-state index < -0.39 is 5.97 Å². The van der Waals surface area contributed by atoms with Crippen LogP contribution < -0.4 is 9.47 Å². The van der Waals surface area contributed by atoms with Gasteiger partial charge in [0.15, 0.2) is 11.5 Å². The first-order chi connectivity index (χ1) is 10.1. The van der Waals surface area contributed by atoms with Crippen LogP contribution in [0.4, 0.5) is 0 Å². The van der Waals surface area contributed by atoms with Crippen molar-refractivity contribution < 1.29 is 24.2 Å². The second-order valence-electron chi connectivity index (χ2n) is 5.48. The number of aliphatic carboxylic acids is 1. The summed E-state index contributed by atoms with van der Waals surface area (Å²) in [5, 5.41) is 9.07.